The van der Waals surface area contributed by atoms with Gasteiger partial charge in [-0.25, -0.2) is 8.78 Å². The first-order chi connectivity index (χ1) is 8.00. The zero-order valence-corrected chi connectivity index (χ0v) is 9.55. The molecule has 2 aromatic carbocycles. The molecule has 0 atom stereocenters. The van der Waals surface area contributed by atoms with Crippen LogP contribution in [0.4, 0.5) is 8.78 Å². The fourth-order valence-electron chi connectivity index (χ4n) is 1.71. The lowest BCUT2D eigenvalue weighted by Gasteiger charge is -2.08. The van der Waals surface area contributed by atoms with Crippen molar-refractivity contribution in [3.05, 3.63) is 53.1 Å². The van der Waals surface area contributed by atoms with Gasteiger partial charge in [-0.3, -0.25) is 5.11 Å². The summed E-state index contributed by atoms with van der Waals surface area (Å²) in [6, 6.07) is 6.96. The standard InChI is InChI=1S/C14H11F2O/c1-8-6-10(7-13(17)9(8)2)11-4-3-5-12(15)14(11)16/h3-7H,1-2H3. The predicted molar refractivity (Wildman–Crippen MR) is 61.4 cm³/mol. The van der Waals surface area contributed by atoms with Crippen LogP contribution in [-0.4, -0.2) is 0 Å². The van der Waals surface area contributed by atoms with Crippen LogP contribution in [0.5, 0.6) is 5.75 Å². The van der Waals surface area contributed by atoms with E-state index >= 15 is 0 Å². The summed E-state index contributed by atoms with van der Waals surface area (Å²) in [7, 11) is 0. The molecule has 0 aliphatic heterocycles. The van der Waals surface area contributed by atoms with Gasteiger partial charge in [0.15, 0.2) is 17.4 Å². The Morgan fingerprint density at radius 3 is 2.41 bits per heavy atom. The van der Waals surface area contributed by atoms with Crippen LogP contribution in [0.25, 0.3) is 11.1 Å². The molecular formula is C14H11F2O. The third-order valence-electron chi connectivity index (χ3n) is 2.88. The molecule has 17 heavy (non-hydrogen) atoms. The SMILES string of the molecule is Cc1cc(-c2cccc(F)c2F)cc([O])c1C. The van der Waals surface area contributed by atoms with Crippen molar-refractivity contribution in [2.24, 2.45) is 0 Å². The summed E-state index contributed by atoms with van der Waals surface area (Å²) in [6.45, 7) is 3.49. The van der Waals surface area contributed by atoms with Crippen LogP contribution in [-0.2, 0) is 5.11 Å². The van der Waals surface area contributed by atoms with E-state index in [4.69, 9.17) is 0 Å². The molecule has 0 saturated carbocycles. The molecule has 0 saturated heterocycles. The van der Waals surface area contributed by atoms with Gasteiger partial charge in [0.1, 0.15) is 0 Å². The third kappa shape index (κ3) is 2.00. The minimum absolute atomic E-state index is 0.116. The molecule has 0 unspecified atom stereocenters. The summed E-state index contributed by atoms with van der Waals surface area (Å²) in [5, 5.41) is 11.6. The smallest absolute Gasteiger partial charge is 0.182 e. The van der Waals surface area contributed by atoms with Gasteiger partial charge in [0, 0.05) is 5.56 Å². The van der Waals surface area contributed by atoms with E-state index in [-0.39, 0.29) is 11.3 Å². The van der Waals surface area contributed by atoms with Crippen molar-refractivity contribution in [1.29, 1.82) is 0 Å². The van der Waals surface area contributed by atoms with Gasteiger partial charge < -0.3 is 0 Å². The maximum atomic E-state index is 13.6. The zero-order chi connectivity index (χ0) is 12.6. The first kappa shape index (κ1) is 11.6. The molecule has 0 heterocycles. The molecular weight excluding hydrogens is 222 g/mol. The topological polar surface area (TPSA) is 19.9 Å². The molecule has 1 radical (unpaired) electrons. The molecule has 3 heteroatoms. The van der Waals surface area contributed by atoms with Gasteiger partial charge in [0.05, 0.1) is 0 Å². The number of benzene rings is 2. The highest BCUT2D eigenvalue weighted by molar-refractivity contribution is 5.68. The zero-order valence-electron chi connectivity index (χ0n) is 9.55. The van der Waals surface area contributed by atoms with E-state index in [0.717, 1.165) is 11.6 Å². The van der Waals surface area contributed by atoms with Crippen LogP contribution in [0.1, 0.15) is 11.1 Å². The van der Waals surface area contributed by atoms with Crippen molar-refractivity contribution in [3.8, 4) is 16.9 Å². The van der Waals surface area contributed by atoms with E-state index in [1.807, 2.05) is 0 Å². The average molecular weight is 233 g/mol. The highest BCUT2D eigenvalue weighted by atomic mass is 19.2. The average Bonchev–Trinajstić information content (AvgIpc) is 2.29. The Kier molecular flexibility index (Phi) is 2.84. The van der Waals surface area contributed by atoms with E-state index in [0.29, 0.717) is 11.1 Å². The predicted octanol–water partition coefficient (Wildman–Crippen LogP) is 4.39. The van der Waals surface area contributed by atoms with Crippen LogP contribution < -0.4 is 0 Å². The first-order valence-corrected chi connectivity index (χ1v) is 5.23. The highest BCUT2D eigenvalue weighted by Gasteiger charge is 2.12. The monoisotopic (exact) mass is 233 g/mol. The maximum absolute atomic E-state index is 13.6. The highest BCUT2D eigenvalue weighted by Crippen LogP contribution is 2.31. The Labute approximate surface area is 98.3 Å². The molecule has 1 nitrogen and oxygen atoms in total. The molecule has 0 aliphatic rings. The molecule has 0 spiro atoms. The summed E-state index contributed by atoms with van der Waals surface area (Å²) < 4.78 is 26.7. The Morgan fingerprint density at radius 1 is 1.06 bits per heavy atom. The van der Waals surface area contributed by atoms with Gasteiger partial charge in [0.2, 0.25) is 0 Å². The number of rotatable bonds is 1. The number of hydrogen-bond donors (Lipinski definition) is 0. The molecule has 2 aromatic rings. The molecule has 0 aliphatic carbocycles. The van der Waals surface area contributed by atoms with Crippen molar-refractivity contribution in [3.63, 3.8) is 0 Å². The lowest BCUT2D eigenvalue weighted by Crippen LogP contribution is -1.91. The number of halogens is 2. The van der Waals surface area contributed by atoms with E-state index in [2.05, 4.69) is 0 Å². The first-order valence-electron chi connectivity index (χ1n) is 5.23. The molecule has 0 aromatic heterocycles. The van der Waals surface area contributed by atoms with Crippen LogP contribution >= 0.6 is 0 Å². The second-order valence-electron chi connectivity index (χ2n) is 4.02. The van der Waals surface area contributed by atoms with E-state index < -0.39 is 11.6 Å². The Morgan fingerprint density at radius 2 is 1.76 bits per heavy atom. The molecule has 0 fully saturated rings. The summed E-state index contributed by atoms with van der Waals surface area (Å²) >= 11 is 0. The lowest BCUT2D eigenvalue weighted by molar-refractivity contribution is 0.351. The molecule has 87 valence electrons. The van der Waals surface area contributed by atoms with Crippen molar-refractivity contribution < 1.29 is 13.9 Å². The van der Waals surface area contributed by atoms with Crippen molar-refractivity contribution in [1.82, 2.24) is 0 Å². The fourth-order valence-corrected chi connectivity index (χ4v) is 1.71. The molecule has 2 rings (SSSR count). The second kappa shape index (κ2) is 4.17. The summed E-state index contributed by atoms with van der Waals surface area (Å²) in [4.78, 5) is 0. The Bertz CT molecular complexity index is 553. The minimum atomic E-state index is -0.921. The van der Waals surface area contributed by atoms with Gasteiger partial charge in [0.25, 0.3) is 0 Å². The maximum Gasteiger partial charge on any atom is 0.182 e. The van der Waals surface area contributed by atoms with Crippen molar-refractivity contribution >= 4 is 0 Å². The normalized spacial score (nSPS) is 10.6. The second-order valence-corrected chi connectivity index (χ2v) is 4.02. The van der Waals surface area contributed by atoms with Crippen LogP contribution in [0.3, 0.4) is 0 Å². The summed E-state index contributed by atoms with van der Waals surface area (Å²) in [5.41, 5.74) is 1.93. The quantitative estimate of drug-likeness (QED) is 0.696. The van der Waals surface area contributed by atoms with Gasteiger partial charge in [-0.2, -0.15) is 0 Å². The van der Waals surface area contributed by atoms with Gasteiger partial charge in [-0.15, -0.1) is 0 Å². The lowest BCUT2D eigenvalue weighted by atomic mass is 9.99. The minimum Gasteiger partial charge on any atom is -0.290 e. The van der Waals surface area contributed by atoms with Crippen molar-refractivity contribution in [2.45, 2.75) is 13.8 Å². The fraction of sp³-hybridized carbons (Fsp3) is 0.143. The molecule has 0 N–H and O–H groups in total. The van der Waals surface area contributed by atoms with E-state index in [1.165, 1.54) is 18.2 Å². The summed E-state index contributed by atoms with van der Waals surface area (Å²) in [5.74, 6) is -1.99. The van der Waals surface area contributed by atoms with Gasteiger partial charge >= 0.3 is 0 Å². The third-order valence-corrected chi connectivity index (χ3v) is 2.88. The Hall–Kier alpha value is -1.90. The van der Waals surface area contributed by atoms with Gasteiger partial charge in [-0.05, 0) is 42.7 Å². The van der Waals surface area contributed by atoms with E-state index in [1.54, 1.807) is 19.9 Å². The number of hydrogen-bond acceptors (Lipinski definition) is 0. The molecule has 0 amide bonds. The van der Waals surface area contributed by atoms with Crippen LogP contribution in [0.2, 0.25) is 0 Å². The van der Waals surface area contributed by atoms with Crippen LogP contribution in [0.15, 0.2) is 30.3 Å². The Balaban J connectivity index is 2.65. The van der Waals surface area contributed by atoms with Crippen molar-refractivity contribution in [2.75, 3.05) is 0 Å². The largest absolute Gasteiger partial charge is 0.290 e. The van der Waals surface area contributed by atoms with Gasteiger partial charge in [-0.1, -0.05) is 18.2 Å². The summed E-state index contributed by atoms with van der Waals surface area (Å²) in [6.07, 6.45) is 0. The number of aryl methyl sites for hydroxylation is 1. The van der Waals surface area contributed by atoms with Crippen LogP contribution in [0, 0.1) is 25.5 Å². The molecule has 0 bridgehead atoms. The van der Waals surface area contributed by atoms with E-state index in [9.17, 15) is 13.9 Å².